The fourth-order valence-corrected chi connectivity index (χ4v) is 4.72. The van der Waals surface area contributed by atoms with Crippen LogP contribution in [-0.4, -0.2) is 17.5 Å². The summed E-state index contributed by atoms with van der Waals surface area (Å²) in [6, 6.07) is 17.0. The first-order valence-corrected chi connectivity index (χ1v) is 9.01. The Morgan fingerprint density at radius 2 is 1.95 bits per heavy atom. The van der Waals surface area contributed by atoms with Crippen LogP contribution in [0.2, 0.25) is 0 Å². The van der Waals surface area contributed by atoms with Crippen LogP contribution in [0.15, 0.2) is 42.5 Å². The molecule has 1 heterocycles. The molecule has 1 fully saturated rings. The third-order valence-electron chi connectivity index (χ3n) is 4.73. The number of nitrogens with one attached hydrogen (secondary N) is 1. The van der Waals surface area contributed by atoms with Crippen LogP contribution in [0.5, 0.6) is 0 Å². The zero-order valence-electron chi connectivity index (χ0n) is 12.4. The molecule has 1 aliphatic carbocycles. The summed E-state index contributed by atoms with van der Waals surface area (Å²) in [6.07, 6.45) is 2.40. The van der Waals surface area contributed by atoms with E-state index < -0.39 is 0 Å². The van der Waals surface area contributed by atoms with Crippen molar-refractivity contribution in [3.8, 4) is 11.1 Å². The van der Waals surface area contributed by atoms with Gasteiger partial charge in [0.05, 0.1) is 0 Å². The maximum Gasteiger partial charge on any atom is 0.0294 e. The van der Waals surface area contributed by atoms with Crippen LogP contribution in [-0.2, 0) is 6.42 Å². The Kier molecular flexibility index (Phi) is 3.52. The molecular weight excluding hydrogens is 274 g/mol. The SMILES string of the molecule is CC(NC1CCSC1)c1ccc2c(c1)Cc1ccccc1-2. The summed E-state index contributed by atoms with van der Waals surface area (Å²) in [5, 5.41) is 3.79. The maximum atomic E-state index is 3.79. The zero-order chi connectivity index (χ0) is 14.2. The Morgan fingerprint density at radius 3 is 2.81 bits per heavy atom. The van der Waals surface area contributed by atoms with Gasteiger partial charge in [-0.05, 0) is 53.3 Å². The van der Waals surface area contributed by atoms with Gasteiger partial charge in [0.2, 0.25) is 0 Å². The van der Waals surface area contributed by atoms with Gasteiger partial charge in [-0.15, -0.1) is 0 Å². The lowest BCUT2D eigenvalue weighted by atomic mass is 10.00. The first-order valence-electron chi connectivity index (χ1n) is 7.86. The van der Waals surface area contributed by atoms with E-state index in [1.165, 1.54) is 45.7 Å². The number of hydrogen-bond donors (Lipinski definition) is 1. The van der Waals surface area contributed by atoms with Crippen molar-refractivity contribution < 1.29 is 0 Å². The highest BCUT2D eigenvalue weighted by atomic mass is 32.2. The van der Waals surface area contributed by atoms with Gasteiger partial charge in [-0.25, -0.2) is 0 Å². The summed E-state index contributed by atoms with van der Waals surface area (Å²) in [4.78, 5) is 0. The van der Waals surface area contributed by atoms with Crippen molar-refractivity contribution in [1.82, 2.24) is 5.32 Å². The van der Waals surface area contributed by atoms with E-state index in [0.29, 0.717) is 12.1 Å². The smallest absolute Gasteiger partial charge is 0.0294 e. The Bertz CT molecular complexity index is 658. The predicted molar refractivity (Wildman–Crippen MR) is 92.0 cm³/mol. The summed E-state index contributed by atoms with van der Waals surface area (Å²) < 4.78 is 0. The third-order valence-corrected chi connectivity index (χ3v) is 5.90. The average Bonchev–Trinajstić information content (AvgIpc) is 3.13. The highest BCUT2D eigenvalue weighted by molar-refractivity contribution is 7.99. The van der Waals surface area contributed by atoms with Gasteiger partial charge in [-0.2, -0.15) is 11.8 Å². The van der Waals surface area contributed by atoms with E-state index in [2.05, 4.69) is 66.5 Å². The molecule has 0 amide bonds. The van der Waals surface area contributed by atoms with E-state index in [4.69, 9.17) is 0 Å². The van der Waals surface area contributed by atoms with Gasteiger partial charge in [-0.3, -0.25) is 0 Å². The third kappa shape index (κ3) is 2.51. The molecule has 2 heteroatoms. The van der Waals surface area contributed by atoms with Crippen molar-refractivity contribution in [3.63, 3.8) is 0 Å². The molecule has 1 N–H and O–H groups in total. The Balaban J connectivity index is 1.58. The second-order valence-electron chi connectivity index (χ2n) is 6.20. The molecular formula is C19H21NS. The minimum Gasteiger partial charge on any atom is -0.307 e. The second kappa shape index (κ2) is 5.51. The molecule has 2 atom stereocenters. The van der Waals surface area contributed by atoms with E-state index in [9.17, 15) is 0 Å². The van der Waals surface area contributed by atoms with Gasteiger partial charge in [0, 0.05) is 17.8 Å². The molecule has 0 spiro atoms. The summed E-state index contributed by atoms with van der Waals surface area (Å²) in [5.41, 5.74) is 7.24. The molecule has 1 saturated heterocycles. The fourth-order valence-electron chi connectivity index (χ4n) is 3.55. The number of benzene rings is 2. The molecule has 2 aliphatic rings. The second-order valence-corrected chi connectivity index (χ2v) is 7.35. The minimum atomic E-state index is 0.447. The zero-order valence-corrected chi connectivity index (χ0v) is 13.2. The van der Waals surface area contributed by atoms with Gasteiger partial charge in [0.25, 0.3) is 0 Å². The van der Waals surface area contributed by atoms with Crippen LogP contribution < -0.4 is 5.32 Å². The molecule has 1 aliphatic heterocycles. The molecule has 0 radical (unpaired) electrons. The minimum absolute atomic E-state index is 0.447. The largest absolute Gasteiger partial charge is 0.307 e. The van der Waals surface area contributed by atoms with Gasteiger partial charge in [-0.1, -0.05) is 42.5 Å². The number of rotatable bonds is 3. The predicted octanol–water partition coefficient (Wildman–Crippen LogP) is 4.41. The molecule has 0 aromatic heterocycles. The molecule has 0 bridgehead atoms. The lowest BCUT2D eigenvalue weighted by Crippen LogP contribution is -2.31. The fraction of sp³-hybridized carbons (Fsp3) is 0.368. The first-order chi connectivity index (χ1) is 10.3. The van der Waals surface area contributed by atoms with Crippen LogP contribution in [0.25, 0.3) is 11.1 Å². The number of fused-ring (bicyclic) bond motifs is 3. The van der Waals surface area contributed by atoms with E-state index in [1.54, 1.807) is 0 Å². The Morgan fingerprint density at radius 1 is 1.10 bits per heavy atom. The van der Waals surface area contributed by atoms with E-state index >= 15 is 0 Å². The van der Waals surface area contributed by atoms with Crippen LogP contribution in [0.1, 0.15) is 36.1 Å². The van der Waals surface area contributed by atoms with Crippen molar-refractivity contribution in [3.05, 3.63) is 59.2 Å². The molecule has 0 saturated carbocycles. The molecule has 2 aromatic rings. The van der Waals surface area contributed by atoms with Crippen molar-refractivity contribution in [1.29, 1.82) is 0 Å². The van der Waals surface area contributed by atoms with Crippen molar-refractivity contribution in [2.75, 3.05) is 11.5 Å². The number of hydrogen-bond acceptors (Lipinski definition) is 2. The Labute approximate surface area is 131 Å². The highest BCUT2D eigenvalue weighted by Gasteiger charge is 2.21. The van der Waals surface area contributed by atoms with Gasteiger partial charge >= 0.3 is 0 Å². The van der Waals surface area contributed by atoms with Gasteiger partial charge in [0.1, 0.15) is 0 Å². The molecule has 1 nitrogen and oxygen atoms in total. The molecule has 4 rings (SSSR count). The quantitative estimate of drug-likeness (QED) is 0.768. The van der Waals surface area contributed by atoms with Gasteiger partial charge < -0.3 is 5.32 Å². The normalized spacial score (nSPS) is 21.1. The maximum absolute atomic E-state index is 3.79. The molecule has 2 aromatic carbocycles. The topological polar surface area (TPSA) is 12.0 Å². The number of thioether (sulfide) groups is 1. The van der Waals surface area contributed by atoms with Crippen LogP contribution >= 0.6 is 11.8 Å². The molecule has 108 valence electrons. The summed E-state index contributed by atoms with van der Waals surface area (Å²) in [5.74, 6) is 2.57. The van der Waals surface area contributed by atoms with Crippen LogP contribution in [0.3, 0.4) is 0 Å². The Hall–Kier alpha value is -1.25. The van der Waals surface area contributed by atoms with E-state index in [1.807, 2.05) is 0 Å². The summed E-state index contributed by atoms with van der Waals surface area (Å²) in [7, 11) is 0. The molecule has 2 unspecified atom stereocenters. The summed E-state index contributed by atoms with van der Waals surface area (Å²) >= 11 is 2.07. The lowest BCUT2D eigenvalue weighted by Gasteiger charge is -2.20. The standard InChI is InChI=1S/C19H21NS/c1-13(20-17-8-9-21-12-17)14-6-7-19-16(10-14)11-15-4-2-3-5-18(15)19/h2-7,10,13,17,20H,8-9,11-12H2,1H3. The van der Waals surface area contributed by atoms with Crippen molar-refractivity contribution in [2.45, 2.75) is 31.8 Å². The van der Waals surface area contributed by atoms with E-state index in [0.717, 1.165) is 6.42 Å². The van der Waals surface area contributed by atoms with Crippen LogP contribution in [0.4, 0.5) is 0 Å². The van der Waals surface area contributed by atoms with Crippen LogP contribution in [0, 0.1) is 0 Å². The first kappa shape index (κ1) is 13.4. The van der Waals surface area contributed by atoms with Gasteiger partial charge in [0.15, 0.2) is 0 Å². The van der Waals surface area contributed by atoms with E-state index in [-0.39, 0.29) is 0 Å². The highest BCUT2D eigenvalue weighted by Crippen LogP contribution is 2.37. The summed E-state index contributed by atoms with van der Waals surface area (Å²) in [6.45, 7) is 2.30. The lowest BCUT2D eigenvalue weighted by molar-refractivity contribution is 0.486. The average molecular weight is 295 g/mol. The monoisotopic (exact) mass is 295 g/mol. The molecule has 21 heavy (non-hydrogen) atoms. The van der Waals surface area contributed by atoms with Crippen molar-refractivity contribution in [2.24, 2.45) is 0 Å². The van der Waals surface area contributed by atoms with Crippen molar-refractivity contribution >= 4 is 11.8 Å².